The fourth-order valence-corrected chi connectivity index (χ4v) is 1.57. The smallest absolute Gasteiger partial charge is 0.270 e. The van der Waals surface area contributed by atoms with Crippen molar-refractivity contribution in [1.82, 2.24) is 0 Å². The molecular formula is C14H13N3O2. The maximum absolute atomic E-state index is 10.7. The van der Waals surface area contributed by atoms with Crippen molar-refractivity contribution in [2.45, 2.75) is 6.92 Å². The van der Waals surface area contributed by atoms with Gasteiger partial charge in [-0.3, -0.25) is 15.5 Å². The Morgan fingerprint density at radius 1 is 1.16 bits per heavy atom. The minimum absolute atomic E-state index is 0.0618. The molecule has 2 rings (SSSR count). The van der Waals surface area contributed by atoms with Crippen LogP contribution in [-0.4, -0.2) is 10.6 Å². The molecule has 0 aromatic heterocycles. The zero-order valence-electron chi connectivity index (χ0n) is 10.4. The Labute approximate surface area is 110 Å². The van der Waals surface area contributed by atoms with E-state index in [9.17, 15) is 10.1 Å². The third kappa shape index (κ3) is 3.38. The average Bonchev–Trinajstić information content (AvgIpc) is 2.46. The molecule has 0 aliphatic heterocycles. The summed E-state index contributed by atoms with van der Waals surface area (Å²) in [5.41, 5.74) is 5.25. The molecule has 2 aromatic carbocycles. The number of nitrogens with zero attached hydrogens (tertiary/aromatic N) is 2. The Bertz CT molecular complexity index is 609. The van der Waals surface area contributed by atoms with E-state index >= 15 is 0 Å². The number of nitrogens with one attached hydrogen (secondary N) is 1. The van der Waals surface area contributed by atoms with Gasteiger partial charge in [-0.25, -0.2) is 0 Å². The summed E-state index contributed by atoms with van der Waals surface area (Å²) in [5.74, 6) is 0. The number of rotatable bonds is 4. The lowest BCUT2D eigenvalue weighted by molar-refractivity contribution is -0.384. The molecule has 0 saturated heterocycles. The number of anilines is 1. The van der Waals surface area contributed by atoms with E-state index in [1.807, 2.05) is 30.3 Å². The highest BCUT2D eigenvalue weighted by Gasteiger charge is 2.07. The molecule has 0 radical (unpaired) electrons. The Balaban J connectivity index is 2.17. The van der Waals surface area contributed by atoms with E-state index in [1.54, 1.807) is 19.1 Å². The van der Waals surface area contributed by atoms with Crippen LogP contribution in [0, 0.1) is 10.1 Å². The fourth-order valence-electron chi connectivity index (χ4n) is 1.57. The monoisotopic (exact) mass is 255 g/mol. The van der Waals surface area contributed by atoms with Gasteiger partial charge in [0.05, 0.1) is 16.3 Å². The Kier molecular flexibility index (Phi) is 3.87. The van der Waals surface area contributed by atoms with Crippen LogP contribution in [0.15, 0.2) is 59.7 Å². The fraction of sp³-hybridized carbons (Fsp3) is 0.0714. The van der Waals surface area contributed by atoms with Crippen LogP contribution in [0.25, 0.3) is 0 Å². The summed E-state index contributed by atoms with van der Waals surface area (Å²) >= 11 is 0. The third-order valence-corrected chi connectivity index (χ3v) is 2.60. The van der Waals surface area contributed by atoms with E-state index < -0.39 is 4.92 Å². The topological polar surface area (TPSA) is 67.5 Å². The standard InChI is InChI=1S/C14H13N3O2/c1-11(15-16-13-7-3-2-4-8-13)12-6-5-9-14(10-12)17(18)19/h2-10,16H,1H3/b15-11+. The highest BCUT2D eigenvalue weighted by Crippen LogP contribution is 2.14. The average molecular weight is 255 g/mol. The molecule has 96 valence electrons. The van der Waals surface area contributed by atoms with Gasteiger partial charge in [0.2, 0.25) is 0 Å². The number of hydrogen-bond donors (Lipinski definition) is 1. The summed E-state index contributed by atoms with van der Waals surface area (Å²) in [6, 6.07) is 15.9. The second-order valence-corrected chi connectivity index (χ2v) is 3.98. The SMILES string of the molecule is C/C(=N\Nc1ccccc1)c1cccc([N+](=O)[O-])c1. The van der Waals surface area contributed by atoms with Crippen molar-refractivity contribution in [2.24, 2.45) is 5.10 Å². The predicted molar refractivity (Wildman–Crippen MR) is 75.4 cm³/mol. The first-order valence-electron chi connectivity index (χ1n) is 5.77. The summed E-state index contributed by atoms with van der Waals surface area (Å²) < 4.78 is 0. The van der Waals surface area contributed by atoms with E-state index in [-0.39, 0.29) is 5.69 Å². The maximum atomic E-state index is 10.7. The van der Waals surface area contributed by atoms with Crippen LogP contribution >= 0.6 is 0 Å². The molecule has 0 bridgehead atoms. The van der Waals surface area contributed by atoms with E-state index in [1.165, 1.54) is 12.1 Å². The number of nitro groups is 1. The zero-order valence-corrected chi connectivity index (χ0v) is 10.4. The van der Waals surface area contributed by atoms with Gasteiger partial charge in [-0.15, -0.1) is 0 Å². The normalized spacial score (nSPS) is 11.1. The van der Waals surface area contributed by atoms with Crippen molar-refractivity contribution in [3.8, 4) is 0 Å². The van der Waals surface area contributed by atoms with Gasteiger partial charge in [-0.1, -0.05) is 30.3 Å². The number of non-ortho nitro benzene ring substituents is 1. The van der Waals surface area contributed by atoms with Gasteiger partial charge >= 0.3 is 0 Å². The van der Waals surface area contributed by atoms with Crippen molar-refractivity contribution in [2.75, 3.05) is 5.43 Å². The van der Waals surface area contributed by atoms with Crippen molar-refractivity contribution >= 4 is 17.1 Å². The van der Waals surface area contributed by atoms with Crippen LogP contribution < -0.4 is 5.43 Å². The third-order valence-electron chi connectivity index (χ3n) is 2.60. The molecule has 0 spiro atoms. The molecule has 0 amide bonds. The van der Waals surface area contributed by atoms with Crippen LogP contribution in [0.1, 0.15) is 12.5 Å². The van der Waals surface area contributed by atoms with Crippen LogP contribution in [0.2, 0.25) is 0 Å². The molecule has 0 unspecified atom stereocenters. The second-order valence-electron chi connectivity index (χ2n) is 3.98. The Hall–Kier alpha value is -2.69. The van der Waals surface area contributed by atoms with Crippen LogP contribution in [0.4, 0.5) is 11.4 Å². The van der Waals surface area contributed by atoms with Crippen LogP contribution in [0.3, 0.4) is 0 Å². The quantitative estimate of drug-likeness (QED) is 0.517. The number of hydrazone groups is 1. The molecule has 5 heteroatoms. The molecule has 19 heavy (non-hydrogen) atoms. The highest BCUT2D eigenvalue weighted by molar-refractivity contribution is 5.99. The summed E-state index contributed by atoms with van der Waals surface area (Å²) in [5, 5.41) is 14.9. The van der Waals surface area contributed by atoms with Crippen molar-refractivity contribution in [3.63, 3.8) is 0 Å². The van der Waals surface area contributed by atoms with Crippen LogP contribution in [0.5, 0.6) is 0 Å². The predicted octanol–water partition coefficient (Wildman–Crippen LogP) is 3.43. The largest absolute Gasteiger partial charge is 0.278 e. The lowest BCUT2D eigenvalue weighted by atomic mass is 10.1. The highest BCUT2D eigenvalue weighted by atomic mass is 16.6. The maximum Gasteiger partial charge on any atom is 0.270 e. The first-order chi connectivity index (χ1) is 9.16. The summed E-state index contributed by atoms with van der Waals surface area (Å²) in [4.78, 5) is 10.3. The van der Waals surface area contributed by atoms with Crippen molar-refractivity contribution < 1.29 is 4.92 Å². The van der Waals surface area contributed by atoms with Crippen molar-refractivity contribution in [1.29, 1.82) is 0 Å². The van der Waals surface area contributed by atoms with Gasteiger partial charge in [-0.2, -0.15) is 5.10 Å². The van der Waals surface area contributed by atoms with E-state index in [0.29, 0.717) is 5.71 Å². The van der Waals surface area contributed by atoms with Crippen LogP contribution in [-0.2, 0) is 0 Å². The molecule has 0 atom stereocenters. The second kappa shape index (κ2) is 5.77. The lowest BCUT2D eigenvalue weighted by Crippen LogP contribution is -2.00. The number of para-hydroxylation sites is 1. The molecule has 5 nitrogen and oxygen atoms in total. The first kappa shape index (κ1) is 12.8. The Morgan fingerprint density at radius 2 is 1.89 bits per heavy atom. The molecule has 2 aromatic rings. The van der Waals surface area contributed by atoms with Gasteiger partial charge in [0.1, 0.15) is 0 Å². The summed E-state index contributed by atoms with van der Waals surface area (Å²) in [6.07, 6.45) is 0. The van der Waals surface area contributed by atoms with E-state index in [0.717, 1.165) is 11.3 Å². The minimum Gasteiger partial charge on any atom is -0.278 e. The van der Waals surface area contributed by atoms with E-state index in [2.05, 4.69) is 10.5 Å². The molecule has 1 N–H and O–H groups in total. The minimum atomic E-state index is -0.415. The van der Waals surface area contributed by atoms with Gasteiger partial charge in [0, 0.05) is 17.7 Å². The Morgan fingerprint density at radius 3 is 2.58 bits per heavy atom. The molecule has 0 heterocycles. The lowest BCUT2D eigenvalue weighted by Gasteiger charge is -2.03. The van der Waals surface area contributed by atoms with E-state index in [4.69, 9.17) is 0 Å². The molecular weight excluding hydrogens is 242 g/mol. The summed E-state index contributed by atoms with van der Waals surface area (Å²) in [6.45, 7) is 1.80. The molecule has 0 fully saturated rings. The molecule has 0 saturated carbocycles. The number of benzene rings is 2. The first-order valence-corrected chi connectivity index (χ1v) is 5.77. The molecule has 0 aliphatic carbocycles. The number of hydrogen-bond acceptors (Lipinski definition) is 4. The zero-order chi connectivity index (χ0) is 13.7. The van der Waals surface area contributed by atoms with Gasteiger partial charge in [-0.05, 0) is 19.1 Å². The number of nitro benzene ring substituents is 1. The van der Waals surface area contributed by atoms with Gasteiger partial charge < -0.3 is 0 Å². The van der Waals surface area contributed by atoms with Gasteiger partial charge in [0.25, 0.3) is 5.69 Å². The van der Waals surface area contributed by atoms with Gasteiger partial charge in [0.15, 0.2) is 0 Å². The molecule has 0 aliphatic rings. The summed E-state index contributed by atoms with van der Waals surface area (Å²) in [7, 11) is 0. The van der Waals surface area contributed by atoms with Crippen molar-refractivity contribution in [3.05, 3.63) is 70.3 Å².